The average Bonchev–Trinajstić information content (AvgIpc) is 2.47. The summed E-state index contributed by atoms with van der Waals surface area (Å²) in [5, 5.41) is 9.03. The molecule has 98 valence electrons. The molecule has 0 aromatic carbocycles. The summed E-state index contributed by atoms with van der Waals surface area (Å²) >= 11 is 0. The van der Waals surface area contributed by atoms with Crippen LogP contribution in [0.25, 0.3) is 11.0 Å². The van der Waals surface area contributed by atoms with Crippen molar-refractivity contribution in [1.29, 1.82) is 0 Å². The van der Waals surface area contributed by atoms with Crippen LogP contribution in [-0.4, -0.2) is 34.1 Å². The molecule has 1 fully saturated rings. The van der Waals surface area contributed by atoms with Crippen LogP contribution >= 0.6 is 0 Å². The van der Waals surface area contributed by atoms with Crippen LogP contribution in [0.3, 0.4) is 0 Å². The van der Waals surface area contributed by atoms with Crippen molar-refractivity contribution in [3.05, 3.63) is 30.6 Å². The van der Waals surface area contributed by atoms with E-state index in [0.717, 1.165) is 29.8 Å². The van der Waals surface area contributed by atoms with E-state index in [2.05, 4.69) is 14.9 Å². The van der Waals surface area contributed by atoms with Gasteiger partial charge in [-0.25, -0.2) is 0 Å². The lowest BCUT2D eigenvalue weighted by Crippen LogP contribution is -2.36. The van der Waals surface area contributed by atoms with E-state index in [1.807, 2.05) is 18.2 Å². The highest BCUT2D eigenvalue weighted by atomic mass is 16.4. The normalized spacial score (nSPS) is 16.7. The largest absolute Gasteiger partial charge is 0.481 e. The van der Waals surface area contributed by atoms with Gasteiger partial charge in [0.1, 0.15) is 5.52 Å². The van der Waals surface area contributed by atoms with Crippen LogP contribution in [0, 0.1) is 5.92 Å². The summed E-state index contributed by atoms with van der Waals surface area (Å²) in [6.45, 7) is 1.51. The molecule has 1 aliphatic heterocycles. The van der Waals surface area contributed by atoms with Crippen LogP contribution in [0.15, 0.2) is 30.6 Å². The van der Waals surface area contributed by atoms with Crippen molar-refractivity contribution >= 4 is 22.7 Å². The molecule has 3 heterocycles. The zero-order valence-corrected chi connectivity index (χ0v) is 10.5. The molecule has 0 unspecified atom stereocenters. The van der Waals surface area contributed by atoms with Crippen LogP contribution in [-0.2, 0) is 4.79 Å². The van der Waals surface area contributed by atoms with Gasteiger partial charge >= 0.3 is 5.97 Å². The molecule has 0 atom stereocenters. The molecule has 2 aromatic rings. The second kappa shape index (κ2) is 4.84. The minimum atomic E-state index is -0.683. The van der Waals surface area contributed by atoms with Gasteiger partial charge in [0, 0.05) is 25.5 Å². The van der Waals surface area contributed by atoms with Crippen molar-refractivity contribution in [1.82, 2.24) is 9.97 Å². The van der Waals surface area contributed by atoms with Crippen LogP contribution in [0.1, 0.15) is 12.8 Å². The summed E-state index contributed by atoms with van der Waals surface area (Å²) in [6.07, 6.45) is 4.91. The SMILES string of the molecule is O=C(O)C1CCN(c2ccnc3cccnc23)CC1. The molecule has 0 spiro atoms. The molecule has 0 amide bonds. The van der Waals surface area contributed by atoms with Crippen LogP contribution in [0.2, 0.25) is 0 Å². The van der Waals surface area contributed by atoms with E-state index in [4.69, 9.17) is 5.11 Å². The summed E-state index contributed by atoms with van der Waals surface area (Å²) in [5.74, 6) is -0.894. The second-order valence-electron chi connectivity index (χ2n) is 4.80. The number of aliphatic carboxylic acids is 1. The fourth-order valence-electron chi connectivity index (χ4n) is 2.59. The summed E-state index contributed by atoms with van der Waals surface area (Å²) in [5.41, 5.74) is 2.81. The number of anilines is 1. The molecule has 19 heavy (non-hydrogen) atoms. The third kappa shape index (κ3) is 2.23. The van der Waals surface area contributed by atoms with E-state index in [1.165, 1.54) is 0 Å². The number of carbonyl (C=O) groups is 1. The van der Waals surface area contributed by atoms with E-state index >= 15 is 0 Å². The van der Waals surface area contributed by atoms with Crippen LogP contribution in [0.5, 0.6) is 0 Å². The summed E-state index contributed by atoms with van der Waals surface area (Å²) in [7, 11) is 0. The highest BCUT2D eigenvalue weighted by molar-refractivity contribution is 5.87. The molecular formula is C14H15N3O2. The predicted molar refractivity (Wildman–Crippen MR) is 72.1 cm³/mol. The Morgan fingerprint density at radius 2 is 2.00 bits per heavy atom. The van der Waals surface area contributed by atoms with Crippen molar-refractivity contribution in [2.75, 3.05) is 18.0 Å². The Labute approximate surface area is 110 Å². The first kappa shape index (κ1) is 11.9. The maximum Gasteiger partial charge on any atom is 0.306 e. The predicted octanol–water partition coefficient (Wildman–Crippen LogP) is 1.93. The van der Waals surface area contributed by atoms with Crippen molar-refractivity contribution < 1.29 is 9.90 Å². The van der Waals surface area contributed by atoms with Gasteiger partial charge in [0.2, 0.25) is 0 Å². The first-order valence-corrected chi connectivity index (χ1v) is 6.43. The van der Waals surface area contributed by atoms with E-state index in [0.29, 0.717) is 12.8 Å². The Hall–Kier alpha value is -2.17. The first-order chi connectivity index (χ1) is 9.25. The van der Waals surface area contributed by atoms with E-state index in [-0.39, 0.29) is 5.92 Å². The molecule has 1 aliphatic rings. The molecule has 3 rings (SSSR count). The number of hydrogen-bond acceptors (Lipinski definition) is 4. The fraction of sp³-hybridized carbons (Fsp3) is 0.357. The van der Waals surface area contributed by atoms with Crippen LogP contribution in [0.4, 0.5) is 5.69 Å². The highest BCUT2D eigenvalue weighted by Gasteiger charge is 2.25. The first-order valence-electron chi connectivity index (χ1n) is 6.43. The number of piperidine rings is 1. The van der Waals surface area contributed by atoms with E-state index in [9.17, 15) is 4.79 Å². The number of fused-ring (bicyclic) bond motifs is 1. The third-order valence-corrected chi connectivity index (χ3v) is 3.66. The molecule has 0 bridgehead atoms. The highest BCUT2D eigenvalue weighted by Crippen LogP contribution is 2.27. The Balaban J connectivity index is 1.88. The summed E-state index contributed by atoms with van der Waals surface area (Å²) in [6, 6.07) is 5.77. The molecule has 0 saturated carbocycles. The molecule has 5 nitrogen and oxygen atoms in total. The molecule has 0 aliphatic carbocycles. The van der Waals surface area contributed by atoms with Gasteiger partial charge < -0.3 is 10.0 Å². The number of carboxylic acids is 1. The monoisotopic (exact) mass is 257 g/mol. The zero-order valence-electron chi connectivity index (χ0n) is 10.5. The Morgan fingerprint density at radius 3 is 2.74 bits per heavy atom. The Morgan fingerprint density at radius 1 is 1.21 bits per heavy atom. The Bertz CT molecular complexity index is 601. The molecule has 5 heteroatoms. The lowest BCUT2D eigenvalue weighted by atomic mass is 9.97. The lowest BCUT2D eigenvalue weighted by molar-refractivity contribution is -0.142. The summed E-state index contributed by atoms with van der Waals surface area (Å²) in [4.78, 5) is 21.9. The average molecular weight is 257 g/mol. The quantitative estimate of drug-likeness (QED) is 0.890. The standard InChI is InChI=1S/C14H15N3O2/c18-14(19)10-4-8-17(9-5-10)12-3-7-15-11-2-1-6-16-13(11)12/h1-3,6-7,10H,4-5,8-9H2,(H,18,19). The van der Waals surface area contributed by atoms with Gasteiger partial charge in [-0.3, -0.25) is 14.8 Å². The smallest absolute Gasteiger partial charge is 0.306 e. The number of pyridine rings is 2. The number of rotatable bonds is 2. The maximum absolute atomic E-state index is 11.0. The van der Waals surface area contributed by atoms with Crippen LogP contribution < -0.4 is 4.90 Å². The minimum absolute atomic E-state index is 0.211. The molecular weight excluding hydrogens is 242 g/mol. The maximum atomic E-state index is 11.0. The molecule has 1 saturated heterocycles. The molecule has 2 aromatic heterocycles. The third-order valence-electron chi connectivity index (χ3n) is 3.66. The van der Waals surface area contributed by atoms with Crippen molar-refractivity contribution in [2.24, 2.45) is 5.92 Å². The van der Waals surface area contributed by atoms with Gasteiger partial charge in [-0.2, -0.15) is 0 Å². The van der Waals surface area contributed by atoms with Gasteiger partial charge in [-0.1, -0.05) is 0 Å². The minimum Gasteiger partial charge on any atom is -0.481 e. The van der Waals surface area contributed by atoms with E-state index in [1.54, 1.807) is 12.4 Å². The molecule has 0 radical (unpaired) electrons. The number of aromatic nitrogens is 2. The number of carboxylic acid groups (broad SMARTS) is 1. The van der Waals surface area contributed by atoms with Gasteiger partial charge in [0.15, 0.2) is 0 Å². The zero-order chi connectivity index (χ0) is 13.2. The van der Waals surface area contributed by atoms with Crippen molar-refractivity contribution in [3.63, 3.8) is 0 Å². The fourth-order valence-corrected chi connectivity index (χ4v) is 2.59. The van der Waals surface area contributed by atoms with Gasteiger partial charge in [-0.05, 0) is 31.0 Å². The van der Waals surface area contributed by atoms with Crippen molar-refractivity contribution in [2.45, 2.75) is 12.8 Å². The lowest BCUT2D eigenvalue weighted by Gasteiger charge is -2.32. The second-order valence-corrected chi connectivity index (χ2v) is 4.80. The van der Waals surface area contributed by atoms with Gasteiger partial charge in [0.05, 0.1) is 17.1 Å². The number of nitrogens with zero attached hydrogens (tertiary/aromatic N) is 3. The molecule has 1 N–H and O–H groups in total. The van der Waals surface area contributed by atoms with Gasteiger partial charge in [-0.15, -0.1) is 0 Å². The Kier molecular flexibility index (Phi) is 3.03. The number of hydrogen-bond donors (Lipinski definition) is 1. The van der Waals surface area contributed by atoms with Crippen molar-refractivity contribution in [3.8, 4) is 0 Å². The van der Waals surface area contributed by atoms with E-state index < -0.39 is 5.97 Å². The topological polar surface area (TPSA) is 66.3 Å². The van der Waals surface area contributed by atoms with Gasteiger partial charge in [0.25, 0.3) is 0 Å². The summed E-state index contributed by atoms with van der Waals surface area (Å²) < 4.78 is 0.